The summed E-state index contributed by atoms with van der Waals surface area (Å²) in [5.74, 6) is 1.79. The summed E-state index contributed by atoms with van der Waals surface area (Å²) in [6.45, 7) is 2.33. The van der Waals surface area contributed by atoms with Crippen LogP contribution in [0.2, 0.25) is 0 Å². The van der Waals surface area contributed by atoms with Gasteiger partial charge in [0.05, 0.1) is 14.2 Å². The molecule has 1 N–H and O–H groups in total. The fraction of sp³-hybridized carbons (Fsp3) is 0.600. The minimum Gasteiger partial charge on any atom is -0.497 e. The van der Waals surface area contributed by atoms with Crippen LogP contribution in [0.5, 0.6) is 11.5 Å². The van der Waals surface area contributed by atoms with E-state index in [9.17, 15) is 0 Å². The highest BCUT2D eigenvalue weighted by Crippen LogP contribution is 2.45. The van der Waals surface area contributed by atoms with Gasteiger partial charge in [0, 0.05) is 17.7 Å². The number of hydrogen-bond acceptors (Lipinski definition) is 3. The zero-order chi connectivity index (χ0) is 13.2. The lowest BCUT2D eigenvalue weighted by atomic mass is 9.80. The molecule has 0 radical (unpaired) electrons. The minimum atomic E-state index is 0.200. The molecule has 1 aliphatic carbocycles. The van der Waals surface area contributed by atoms with Crippen molar-refractivity contribution in [3.05, 3.63) is 23.8 Å². The van der Waals surface area contributed by atoms with Gasteiger partial charge in [0.2, 0.25) is 0 Å². The molecule has 1 aliphatic rings. The Morgan fingerprint density at radius 2 is 2.06 bits per heavy atom. The van der Waals surface area contributed by atoms with Crippen LogP contribution in [0.25, 0.3) is 0 Å². The second-order valence-corrected chi connectivity index (χ2v) is 5.36. The van der Waals surface area contributed by atoms with Gasteiger partial charge in [-0.1, -0.05) is 13.0 Å². The van der Waals surface area contributed by atoms with E-state index >= 15 is 0 Å². The van der Waals surface area contributed by atoms with Gasteiger partial charge < -0.3 is 14.8 Å². The van der Waals surface area contributed by atoms with Crippen molar-refractivity contribution in [3.8, 4) is 11.5 Å². The van der Waals surface area contributed by atoms with Crippen molar-refractivity contribution in [2.45, 2.75) is 37.6 Å². The fourth-order valence-electron chi connectivity index (χ4n) is 3.03. The highest BCUT2D eigenvalue weighted by atomic mass is 16.5. The Morgan fingerprint density at radius 3 is 2.61 bits per heavy atom. The molecule has 0 heterocycles. The van der Waals surface area contributed by atoms with Crippen molar-refractivity contribution in [2.24, 2.45) is 0 Å². The number of nitrogens with one attached hydrogen (secondary N) is 1. The van der Waals surface area contributed by atoms with Crippen LogP contribution in [0.1, 0.15) is 31.7 Å². The Bertz CT molecular complexity index is 419. The lowest BCUT2D eigenvalue weighted by molar-refractivity contribution is 0.372. The van der Waals surface area contributed by atoms with Crippen LogP contribution >= 0.6 is 0 Å². The molecule has 1 fully saturated rings. The van der Waals surface area contributed by atoms with Crippen molar-refractivity contribution < 1.29 is 9.47 Å². The average Bonchev–Trinajstić information content (AvgIpc) is 2.81. The molecule has 0 aliphatic heterocycles. The van der Waals surface area contributed by atoms with Crippen LogP contribution in [0.3, 0.4) is 0 Å². The van der Waals surface area contributed by atoms with E-state index < -0.39 is 0 Å². The molecule has 1 aromatic rings. The van der Waals surface area contributed by atoms with Crippen LogP contribution in [0, 0.1) is 0 Å². The zero-order valence-corrected chi connectivity index (χ0v) is 11.7. The average molecular weight is 249 g/mol. The summed E-state index contributed by atoms with van der Waals surface area (Å²) < 4.78 is 10.8. The SMILES string of the molecule is CNC1CCC(C)(c2ccc(OC)cc2OC)C1. The van der Waals surface area contributed by atoms with E-state index in [1.54, 1.807) is 14.2 Å². The molecule has 1 aromatic carbocycles. The van der Waals surface area contributed by atoms with Gasteiger partial charge in [-0.05, 0) is 37.8 Å². The van der Waals surface area contributed by atoms with Crippen molar-refractivity contribution in [3.63, 3.8) is 0 Å². The molecule has 100 valence electrons. The van der Waals surface area contributed by atoms with Crippen molar-refractivity contribution in [2.75, 3.05) is 21.3 Å². The van der Waals surface area contributed by atoms with Gasteiger partial charge in [0.1, 0.15) is 11.5 Å². The Kier molecular flexibility index (Phi) is 3.81. The lowest BCUT2D eigenvalue weighted by Gasteiger charge is -2.27. The van der Waals surface area contributed by atoms with E-state index in [0.29, 0.717) is 6.04 Å². The molecule has 1 saturated carbocycles. The van der Waals surface area contributed by atoms with Crippen molar-refractivity contribution >= 4 is 0 Å². The molecular formula is C15H23NO2. The van der Waals surface area contributed by atoms with Gasteiger partial charge in [-0.2, -0.15) is 0 Å². The number of hydrogen-bond donors (Lipinski definition) is 1. The Balaban J connectivity index is 2.32. The zero-order valence-electron chi connectivity index (χ0n) is 11.7. The number of benzene rings is 1. The molecule has 3 heteroatoms. The first-order chi connectivity index (χ1) is 8.62. The minimum absolute atomic E-state index is 0.200. The third-order valence-electron chi connectivity index (χ3n) is 4.21. The summed E-state index contributed by atoms with van der Waals surface area (Å²) >= 11 is 0. The maximum absolute atomic E-state index is 5.53. The summed E-state index contributed by atoms with van der Waals surface area (Å²) in [4.78, 5) is 0. The first-order valence-corrected chi connectivity index (χ1v) is 6.53. The summed E-state index contributed by atoms with van der Waals surface area (Å²) in [5, 5.41) is 3.38. The first kappa shape index (κ1) is 13.2. The van der Waals surface area contributed by atoms with Crippen LogP contribution in [-0.4, -0.2) is 27.3 Å². The number of methoxy groups -OCH3 is 2. The molecule has 0 amide bonds. The lowest BCUT2D eigenvalue weighted by Crippen LogP contribution is -2.26. The van der Waals surface area contributed by atoms with Gasteiger partial charge >= 0.3 is 0 Å². The maximum Gasteiger partial charge on any atom is 0.126 e. The predicted molar refractivity (Wildman–Crippen MR) is 73.6 cm³/mol. The largest absolute Gasteiger partial charge is 0.497 e. The molecule has 2 atom stereocenters. The maximum atomic E-state index is 5.53. The van der Waals surface area contributed by atoms with Gasteiger partial charge in [0.25, 0.3) is 0 Å². The topological polar surface area (TPSA) is 30.5 Å². The molecule has 0 aromatic heterocycles. The van der Waals surface area contributed by atoms with E-state index in [1.165, 1.54) is 18.4 Å². The quantitative estimate of drug-likeness (QED) is 0.890. The van der Waals surface area contributed by atoms with E-state index in [2.05, 4.69) is 18.3 Å². The van der Waals surface area contributed by atoms with Crippen LogP contribution in [0.4, 0.5) is 0 Å². The molecule has 0 spiro atoms. The Morgan fingerprint density at radius 1 is 1.28 bits per heavy atom. The summed E-state index contributed by atoms with van der Waals surface area (Å²) in [5.41, 5.74) is 1.49. The second kappa shape index (κ2) is 5.19. The fourth-order valence-corrected chi connectivity index (χ4v) is 3.03. The predicted octanol–water partition coefficient (Wildman–Crippen LogP) is 2.73. The number of ether oxygens (including phenoxy) is 2. The highest BCUT2D eigenvalue weighted by molar-refractivity contribution is 5.45. The molecule has 3 nitrogen and oxygen atoms in total. The normalized spacial score (nSPS) is 27.2. The Labute approximate surface area is 109 Å². The number of rotatable bonds is 4. The molecule has 2 unspecified atom stereocenters. The molecule has 2 rings (SSSR count). The second-order valence-electron chi connectivity index (χ2n) is 5.36. The van der Waals surface area contributed by atoms with E-state index in [1.807, 2.05) is 19.2 Å². The smallest absolute Gasteiger partial charge is 0.126 e. The molecule has 18 heavy (non-hydrogen) atoms. The van der Waals surface area contributed by atoms with Crippen LogP contribution in [0.15, 0.2) is 18.2 Å². The van der Waals surface area contributed by atoms with Gasteiger partial charge in [-0.25, -0.2) is 0 Å². The third-order valence-corrected chi connectivity index (χ3v) is 4.21. The van der Waals surface area contributed by atoms with E-state index in [-0.39, 0.29) is 5.41 Å². The summed E-state index contributed by atoms with van der Waals surface area (Å²) in [6.07, 6.45) is 3.58. The van der Waals surface area contributed by atoms with Crippen molar-refractivity contribution in [1.29, 1.82) is 0 Å². The molecule has 0 bridgehead atoms. The first-order valence-electron chi connectivity index (χ1n) is 6.53. The summed E-state index contributed by atoms with van der Waals surface area (Å²) in [7, 11) is 5.45. The van der Waals surface area contributed by atoms with E-state index in [4.69, 9.17) is 9.47 Å². The molecule has 0 saturated heterocycles. The molecular weight excluding hydrogens is 226 g/mol. The third kappa shape index (κ3) is 2.32. The summed E-state index contributed by atoms with van der Waals surface area (Å²) in [6, 6.07) is 6.76. The monoisotopic (exact) mass is 249 g/mol. The van der Waals surface area contributed by atoms with E-state index in [0.717, 1.165) is 17.9 Å². The van der Waals surface area contributed by atoms with Gasteiger partial charge in [0.15, 0.2) is 0 Å². The van der Waals surface area contributed by atoms with Gasteiger partial charge in [-0.15, -0.1) is 0 Å². The van der Waals surface area contributed by atoms with Crippen LogP contribution in [-0.2, 0) is 5.41 Å². The van der Waals surface area contributed by atoms with Crippen molar-refractivity contribution in [1.82, 2.24) is 5.32 Å². The van der Waals surface area contributed by atoms with Gasteiger partial charge in [-0.3, -0.25) is 0 Å². The Hall–Kier alpha value is -1.22. The highest BCUT2D eigenvalue weighted by Gasteiger charge is 2.37. The standard InChI is InChI=1S/C15H23NO2/c1-15(8-7-11(10-15)16-2)13-6-5-12(17-3)9-14(13)18-4/h5-6,9,11,16H,7-8,10H2,1-4H3. The van der Waals surface area contributed by atoms with Crippen LogP contribution < -0.4 is 14.8 Å².